The van der Waals surface area contributed by atoms with Crippen LogP contribution in [0.4, 0.5) is 69.8 Å². The number of nitrogens with zero attached hydrogens (tertiary/aromatic N) is 11. The van der Waals surface area contributed by atoms with Crippen LogP contribution in [0.1, 0.15) is 81.8 Å². The maximum absolute atomic E-state index is 13.5. The molecule has 0 radical (unpaired) electrons. The van der Waals surface area contributed by atoms with E-state index >= 15 is 0 Å². The molecule has 18 rings (SSSR count). The summed E-state index contributed by atoms with van der Waals surface area (Å²) in [7, 11) is -6.34. The molecular weight excluding hydrogens is 1730 g/mol. The lowest BCUT2D eigenvalue weighted by molar-refractivity contribution is 0.0730. The summed E-state index contributed by atoms with van der Waals surface area (Å²) < 4.78 is 135. The molecular formula is C82H101Cl2N23O14S4. The number of aromatic amines is 4. The number of halogens is 2. The number of sulfone groups is 2. The monoisotopic (exact) mass is 1830 g/mol. The number of methoxy groups -OCH3 is 5. The number of fused-ring (bicyclic) bond motifs is 4. The van der Waals surface area contributed by atoms with Crippen LogP contribution in [-0.4, -0.2) is 245 Å². The molecule has 0 amide bonds. The summed E-state index contributed by atoms with van der Waals surface area (Å²) in [6.45, 7) is 9.87. The van der Waals surface area contributed by atoms with Crippen molar-refractivity contribution in [2.75, 3.05) is 156 Å². The van der Waals surface area contributed by atoms with Crippen molar-refractivity contribution in [3.63, 3.8) is 0 Å². The van der Waals surface area contributed by atoms with Gasteiger partial charge < -0.3 is 95.8 Å². The highest BCUT2D eigenvalue weighted by Gasteiger charge is 2.35. The fourth-order valence-electron chi connectivity index (χ4n) is 14.7. The van der Waals surface area contributed by atoms with E-state index in [0.717, 1.165) is 127 Å². The van der Waals surface area contributed by atoms with Gasteiger partial charge in [-0.1, -0.05) is 29.6 Å². The SMILES string of the molecule is COCCNc1nc(Nc2ccc(S(C)(=O)=O)cc2OC)nc2[nH]cc(Cl)c12.COc1cc(S(=O)(=O)N2CCC(N3CCCCC3)CC2)ccc1Nc1nc(NC2CC2)c2c(Cl)c[nH]c2n1.COc1cc(S(=O)(=O)N2CCOCC2)ccc1Nc1nc(NC2CC2)c2c(C)c[nH]c2n1.COc1cc(S(C)(=O)=O)ccc1Nc1nc(NC2CC2)c2c(C)c[nH]c2n1. The zero-order valence-corrected chi connectivity index (χ0v) is 75.2. The van der Waals surface area contributed by atoms with Crippen molar-refractivity contribution in [2.45, 2.75) is 128 Å². The van der Waals surface area contributed by atoms with Gasteiger partial charge in [-0.3, -0.25) is 0 Å². The Labute approximate surface area is 733 Å². The van der Waals surface area contributed by atoms with Crippen LogP contribution in [0.15, 0.2) is 117 Å². The molecule has 3 saturated carbocycles. The van der Waals surface area contributed by atoms with Gasteiger partial charge in [0.1, 0.15) is 68.9 Å². The number of hydrogen-bond acceptors (Lipinski definition) is 31. The van der Waals surface area contributed by atoms with Crippen LogP contribution < -0.4 is 61.5 Å². The molecule has 0 bridgehead atoms. The number of piperidine rings is 2. The van der Waals surface area contributed by atoms with Crippen LogP contribution >= 0.6 is 23.2 Å². The van der Waals surface area contributed by atoms with E-state index in [1.807, 2.05) is 26.2 Å². The van der Waals surface area contributed by atoms with Crippen LogP contribution in [0.25, 0.3) is 44.1 Å². The van der Waals surface area contributed by atoms with E-state index in [-0.39, 0.29) is 25.5 Å². The molecule has 125 heavy (non-hydrogen) atoms. The first-order valence-corrected chi connectivity index (χ1v) is 48.3. The number of benzene rings is 4. The van der Waals surface area contributed by atoms with Gasteiger partial charge in [-0.05, 0) is 151 Å². The number of hydrogen-bond donors (Lipinski definition) is 12. The van der Waals surface area contributed by atoms with E-state index in [1.165, 1.54) is 82.3 Å². The Morgan fingerprint density at radius 3 is 1.12 bits per heavy atom. The quantitative estimate of drug-likeness (QED) is 0.0194. The van der Waals surface area contributed by atoms with Gasteiger partial charge in [0.05, 0.1) is 122 Å². The first kappa shape index (κ1) is 89.0. The van der Waals surface area contributed by atoms with E-state index in [1.54, 1.807) is 66.3 Å². The number of anilines is 12. The lowest BCUT2D eigenvalue weighted by Crippen LogP contribution is -2.48. The van der Waals surface area contributed by atoms with Gasteiger partial charge >= 0.3 is 0 Å². The largest absolute Gasteiger partial charge is 0.495 e. The molecule has 0 spiro atoms. The van der Waals surface area contributed by atoms with Gasteiger partial charge in [-0.25, -0.2) is 33.7 Å². The summed E-state index contributed by atoms with van der Waals surface area (Å²) in [6, 6.07) is 20.6. The summed E-state index contributed by atoms with van der Waals surface area (Å²) in [5.41, 5.74) is 7.04. The van der Waals surface area contributed by atoms with Gasteiger partial charge in [-0.2, -0.15) is 48.5 Å². The predicted molar refractivity (Wildman–Crippen MR) is 483 cm³/mol. The van der Waals surface area contributed by atoms with Crippen LogP contribution in [0.3, 0.4) is 0 Å². The molecule has 6 aliphatic rings. The molecule has 43 heteroatoms. The van der Waals surface area contributed by atoms with Gasteiger partial charge in [0, 0.05) is 126 Å². The van der Waals surface area contributed by atoms with Crippen molar-refractivity contribution in [1.29, 1.82) is 0 Å². The third-order valence-electron chi connectivity index (χ3n) is 21.9. The van der Waals surface area contributed by atoms with Crippen LogP contribution in [0.2, 0.25) is 10.0 Å². The molecule has 3 aliphatic carbocycles. The maximum atomic E-state index is 13.5. The Bertz CT molecular complexity index is 6410. The van der Waals surface area contributed by atoms with Crippen LogP contribution in [-0.2, 0) is 49.2 Å². The first-order chi connectivity index (χ1) is 60.0. The smallest absolute Gasteiger partial charge is 0.243 e. The van der Waals surface area contributed by atoms with Gasteiger partial charge in [0.15, 0.2) is 19.7 Å². The molecule has 3 saturated heterocycles. The first-order valence-electron chi connectivity index (χ1n) is 40.9. The molecule has 8 aromatic heterocycles. The van der Waals surface area contributed by atoms with E-state index < -0.39 is 39.7 Å². The summed E-state index contributed by atoms with van der Waals surface area (Å²) in [5, 5.41) is 30.5. The lowest BCUT2D eigenvalue weighted by atomic mass is 10.0. The summed E-state index contributed by atoms with van der Waals surface area (Å²) in [5.74, 6) is 5.76. The van der Waals surface area contributed by atoms with Crippen molar-refractivity contribution < 1.29 is 62.1 Å². The summed E-state index contributed by atoms with van der Waals surface area (Å²) in [6.07, 6.45) is 21.7. The minimum atomic E-state index is -3.63. The molecule has 12 aromatic rings. The topological polar surface area (TPSA) is 464 Å². The Balaban J connectivity index is 0.000000130. The molecule has 12 N–H and O–H groups in total. The maximum Gasteiger partial charge on any atom is 0.243 e. The average molecular weight is 1830 g/mol. The lowest BCUT2D eigenvalue weighted by Gasteiger charge is -2.39. The number of rotatable bonds is 29. The van der Waals surface area contributed by atoms with Gasteiger partial charge in [-0.15, -0.1) is 0 Å². The molecule has 0 atom stereocenters. The number of ether oxygens (including phenoxy) is 6. The van der Waals surface area contributed by atoms with E-state index in [4.69, 9.17) is 51.6 Å². The van der Waals surface area contributed by atoms with Crippen molar-refractivity contribution >= 4 is 177 Å². The van der Waals surface area contributed by atoms with E-state index in [9.17, 15) is 33.7 Å². The number of morpholine rings is 1. The second kappa shape index (κ2) is 38.1. The second-order valence-electron chi connectivity index (χ2n) is 31.1. The highest BCUT2D eigenvalue weighted by Crippen LogP contribution is 2.41. The Kier molecular flexibility index (Phi) is 27.2. The van der Waals surface area contributed by atoms with Crippen LogP contribution in [0.5, 0.6) is 23.0 Å². The molecule has 37 nitrogen and oxygen atoms in total. The highest BCUT2D eigenvalue weighted by molar-refractivity contribution is 7.91. The van der Waals surface area contributed by atoms with Crippen molar-refractivity contribution in [1.82, 2.24) is 73.3 Å². The molecule has 4 aromatic carbocycles. The average Bonchev–Trinajstić information content (AvgIpc) is 1.76. The number of aromatic nitrogens is 12. The number of aryl methyl sites for hydroxylation is 2. The minimum absolute atomic E-state index is 0.157. The number of sulfonamides is 2. The molecule has 666 valence electrons. The zero-order chi connectivity index (χ0) is 88.1. The Morgan fingerprint density at radius 1 is 0.416 bits per heavy atom. The van der Waals surface area contributed by atoms with Crippen molar-refractivity contribution in [3.05, 3.63) is 119 Å². The molecule has 0 unspecified atom stereocenters. The minimum Gasteiger partial charge on any atom is -0.495 e. The van der Waals surface area contributed by atoms with Crippen molar-refractivity contribution in [2.24, 2.45) is 0 Å². The summed E-state index contributed by atoms with van der Waals surface area (Å²) in [4.78, 5) is 52.3. The molecule has 3 aliphatic heterocycles. The molecule has 6 fully saturated rings. The second-order valence-corrected chi connectivity index (χ2v) is 39.8. The third kappa shape index (κ3) is 21.1. The highest BCUT2D eigenvalue weighted by atomic mass is 35.5. The standard InChI is InChI=1S/C26H34ClN7O3S.C21H26N6O4S.C18H21N5O3S.C17H20ClN5O4S/c1-37-22-15-19(38(35,36)34-13-9-18(10-14-34)33-11-3-2-4-12-33)7-8-21(22)30-26-31-24-23(20(27)16-28-24)25(32-26)29-17-5-6-17;1-13-12-22-19-18(13)20(23-14-3-4-14)26-21(25-19)24-16-6-5-15(11-17(16)30-2)32(28,29)27-7-9-31-10-8-27;1-10-9-19-16-15(10)17(20-11-4-5-11)23-18(22-16)21-13-7-6-12(27(3,24)25)8-14(13)26-2;1-26-7-6-19-15-14-11(18)9-20-16(14)23-17(22-15)21-12-5-4-10(28(3,24)25)8-13(12)27-2/h7-8,15-18H,2-6,9-14H2,1H3,(H3,28,29,30,31,32);5-6,11-12,14H,3-4,7-10H2,1-2H3,(H3,22,23,24,25,26);6-9,11H,4-5H2,1-3H3,(H3,19,20,21,22,23);4-5,8-9H,6-7H2,1-3H3,(H3,19,20,21,22,23). The van der Waals surface area contributed by atoms with Crippen LogP contribution in [0, 0.1) is 13.8 Å². The number of likely N-dealkylation sites (tertiary alicyclic amines) is 1. The molecule has 11 heterocycles. The van der Waals surface area contributed by atoms with Gasteiger partial charge in [0.25, 0.3) is 0 Å². The fourth-order valence-corrected chi connectivity index (χ4v) is 19.4. The van der Waals surface area contributed by atoms with E-state index in [0.29, 0.717) is 179 Å². The summed E-state index contributed by atoms with van der Waals surface area (Å²) >= 11 is 12.6. The Hall–Kier alpha value is -10.9. The number of nitrogens with one attached hydrogen (secondary N) is 12. The van der Waals surface area contributed by atoms with Crippen molar-refractivity contribution in [3.8, 4) is 23.0 Å². The zero-order valence-electron chi connectivity index (χ0n) is 70.4. The normalized spacial score (nSPS) is 16.2. The van der Waals surface area contributed by atoms with E-state index in [2.05, 4.69) is 107 Å². The Morgan fingerprint density at radius 2 is 0.752 bits per heavy atom. The predicted octanol–water partition coefficient (Wildman–Crippen LogP) is 13.0. The third-order valence-corrected chi connectivity index (χ3v) is 28.5. The fraction of sp³-hybridized carbons (Fsp3) is 0.415. The number of H-pyrrole nitrogens is 4. The van der Waals surface area contributed by atoms with Gasteiger partial charge in [0.2, 0.25) is 43.8 Å².